The Morgan fingerprint density at radius 2 is 1.68 bits per heavy atom. The van der Waals surface area contributed by atoms with E-state index in [0.29, 0.717) is 19.8 Å². The van der Waals surface area contributed by atoms with Gasteiger partial charge < -0.3 is 15.4 Å². The molecule has 3 rings (SSSR count). The Labute approximate surface area is 132 Å². The van der Waals surface area contributed by atoms with E-state index >= 15 is 0 Å². The summed E-state index contributed by atoms with van der Waals surface area (Å²) in [5.41, 5.74) is 5.61. The number of hydrogen-bond acceptors (Lipinski definition) is 3. The molecule has 3 fully saturated rings. The maximum absolute atomic E-state index is 13.0. The molecule has 0 aromatic heterocycles. The van der Waals surface area contributed by atoms with Crippen LogP contribution in [-0.4, -0.2) is 42.5 Å². The van der Waals surface area contributed by atoms with Gasteiger partial charge in [0.15, 0.2) is 0 Å². The highest BCUT2D eigenvalue weighted by atomic mass is 16.5. The second-order valence-corrected chi connectivity index (χ2v) is 7.25. The van der Waals surface area contributed by atoms with Gasteiger partial charge in [-0.3, -0.25) is 9.59 Å². The summed E-state index contributed by atoms with van der Waals surface area (Å²) in [6, 6.07) is -0.431. The van der Waals surface area contributed by atoms with Gasteiger partial charge in [0.05, 0.1) is 0 Å². The van der Waals surface area contributed by atoms with Gasteiger partial charge in [-0.25, -0.2) is 0 Å². The first-order valence-electron chi connectivity index (χ1n) is 8.82. The van der Waals surface area contributed by atoms with E-state index in [4.69, 9.17) is 10.5 Å². The first kappa shape index (κ1) is 15.8. The number of primary amides is 1. The molecule has 2 heterocycles. The smallest absolute Gasteiger partial charge is 0.240 e. The Balaban J connectivity index is 1.81. The standard InChI is InChI=1S/C17H28N2O3/c18-15(20)14-17(8-11-22-12-9-17)7-4-10-19(14)16(21)13-5-2-1-3-6-13/h13-14H,1-12H2,(H2,18,20). The number of piperidine rings is 1. The van der Waals surface area contributed by atoms with E-state index in [1.165, 1.54) is 6.42 Å². The molecule has 2 aliphatic heterocycles. The van der Waals surface area contributed by atoms with Crippen LogP contribution in [0.15, 0.2) is 0 Å². The van der Waals surface area contributed by atoms with E-state index in [9.17, 15) is 9.59 Å². The normalized spacial score (nSPS) is 29.5. The number of nitrogens with two attached hydrogens (primary N) is 1. The molecule has 0 aromatic rings. The molecule has 5 nitrogen and oxygen atoms in total. The maximum Gasteiger partial charge on any atom is 0.240 e. The highest BCUT2D eigenvalue weighted by molar-refractivity contribution is 5.88. The number of amides is 2. The number of carbonyl (C=O) groups is 2. The fourth-order valence-corrected chi connectivity index (χ4v) is 4.78. The molecule has 3 aliphatic rings. The van der Waals surface area contributed by atoms with Crippen molar-refractivity contribution in [3.63, 3.8) is 0 Å². The van der Waals surface area contributed by atoms with Crippen LogP contribution in [0.4, 0.5) is 0 Å². The number of carbonyl (C=O) groups excluding carboxylic acids is 2. The summed E-state index contributed by atoms with van der Waals surface area (Å²) in [5.74, 6) is -0.0505. The Morgan fingerprint density at radius 3 is 2.32 bits per heavy atom. The largest absolute Gasteiger partial charge is 0.381 e. The van der Waals surface area contributed by atoms with Crippen molar-refractivity contribution in [2.45, 2.75) is 63.8 Å². The summed E-state index contributed by atoms with van der Waals surface area (Å²) >= 11 is 0. The second-order valence-electron chi connectivity index (χ2n) is 7.25. The van der Waals surface area contributed by atoms with E-state index in [-0.39, 0.29) is 23.1 Å². The van der Waals surface area contributed by atoms with Crippen molar-refractivity contribution in [1.29, 1.82) is 0 Å². The number of ether oxygens (including phenoxy) is 1. The molecule has 0 aromatic carbocycles. The summed E-state index contributed by atoms with van der Waals surface area (Å²) in [6.07, 6.45) is 9.07. The van der Waals surface area contributed by atoms with E-state index in [1.54, 1.807) is 0 Å². The maximum atomic E-state index is 13.0. The lowest BCUT2D eigenvalue weighted by molar-refractivity contribution is -0.157. The highest BCUT2D eigenvalue weighted by Crippen LogP contribution is 2.45. The topological polar surface area (TPSA) is 72.6 Å². The number of likely N-dealkylation sites (tertiary alicyclic amines) is 1. The summed E-state index contributed by atoms with van der Waals surface area (Å²) < 4.78 is 5.48. The Hall–Kier alpha value is -1.10. The Kier molecular flexibility index (Phi) is 4.71. The zero-order valence-electron chi connectivity index (χ0n) is 13.4. The molecule has 124 valence electrons. The van der Waals surface area contributed by atoms with E-state index in [1.807, 2.05) is 4.90 Å². The van der Waals surface area contributed by atoms with Crippen LogP contribution < -0.4 is 5.73 Å². The van der Waals surface area contributed by atoms with Crippen molar-refractivity contribution in [1.82, 2.24) is 4.90 Å². The molecule has 1 spiro atoms. The minimum absolute atomic E-state index is 0.102. The molecule has 2 saturated heterocycles. The van der Waals surface area contributed by atoms with Gasteiger partial charge >= 0.3 is 0 Å². The van der Waals surface area contributed by atoms with Crippen molar-refractivity contribution in [3.8, 4) is 0 Å². The third-order valence-corrected chi connectivity index (χ3v) is 5.96. The first-order chi connectivity index (χ1) is 10.6. The predicted octanol–water partition coefficient (Wildman–Crippen LogP) is 1.84. The molecule has 22 heavy (non-hydrogen) atoms. The van der Waals surface area contributed by atoms with Gasteiger partial charge in [-0.05, 0) is 38.5 Å². The van der Waals surface area contributed by atoms with E-state index in [0.717, 1.165) is 51.4 Å². The molecule has 2 amide bonds. The van der Waals surface area contributed by atoms with Crippen molar-refractivity contribution >= 4 is 11.8 Å². The van der Waals surface area contributed by atoms with Crippen LogP contribution in [0.1, 0.15) is 57.8 Å². The molecule has 1 saturated carbocycles. The molecular weight excluding hydrogens is 280 g/mol. The number of nitrogens with zero attached hydrogens (tertiary/aromatic N) is 1. The van der Waals surface area contributed by atoms with E-state index < -0.39 is 6.04 Å². The fraction of sp³-hybridized carbons (Fsp3) is 0.882. The lowest BCUT2D eigenvalue weighted by Gasteiger charge is -2.51. The van der Waals surface area contributed by atoms with E-state index in [2.05, 4.69) is 0 Å². The van der Waals surface area contributed by atoms with Gasteiger partial charge in [-0.1, -0.05) is 19.3 Å². The highest BCUT2D eigenvalue weighted by Gasteiger charge is 2.50. The molecule has 5 heteroatoms. The van der Waals surface area contributed by atoms with Crippen molar-refractivity contribution in [2.24, 2.45) is 17.1 Å². The summed E-state index contributed by atoms with van der Waals surface area (Å²) in [4.78, 5) is 27.0. The molecule has 1 aliphatic carbocycles. The average Bonchev–Trinajstić information content (AvgIpc) is 2.55. The molecule has 0 bridgehead atoms. The van der Waals surface area contributed by atoms with Gasteiger partial charge in [0.2, 0.25) is 11.8 Å². The lowest BCUT2D eigenvalue weighted by Crippen LogP contribution is -2.62. The van der Waals surface area contributed by atoms with Crippen LogP contribution in [-0.2, 0) is 14.3 Å². The van der Waals surface area contributed by atoms with Crippen LogP contribution in [0.25, 0.3) is 0 Å². The molecular formula is C17H28N2O3. The van der Waals surface area contributed by atoms with Crippen LogP contribution >= 0.6 is 0 Å². The molecule has 1 unspecified atom stereocenters. The fourth-order valence-electron chi connectivity index (χ4n) is 4.78. The van der Waals surface area contributed by atoms with Gasteiger partial charge in [-0.15, -0.1) is 0 Å². The van der Waals surface area contributed by atoms with Crippen LogP contribution in [0.3, 0.4) is 0 Å². The lowest BCUT2D eigenvalue weighted by atomic mass is 9.67. The SMILES string of the molecule is NC(=O)C1N(C(=O)C2CCCCC2)CCCC12CCOCC2. The number of rotatable bonds is 2. The first-order valence-corrected chi connectivity index (χ1v) is 8.82. The van der Waals surface area contributed by atoms with Gasteiger partial charge in [-0.2, -0.15) is 0 Å². The summed E-state index contributed by atoms with van der Waals surface area (Å²) in [6.45, 7) is 2.04. The Morgan fingerprint density at radius 1 is 1.00 bits per heavy atom. The van der Waals surface area contributed by atoms with Gasteiger partial charge in [0.1, 0.15) is 6.04 Å². The van der Waals surface area contributed by atoms with Crippen LogP contribution in [0, 0.1) is 11.3 Å². The van der Waals surface area contributed by atoms with Crippen molar-refractivity contribution < 1.29 is 14.3 Å². The second kappa shape index (κ2) is 6.57. The monoisotopic (exact) mass is 308 g/mol. The molecule has 0 radical (unpaired) electrons. The van der Waals surface area contributed by atoms with Crippen molar-refractivity contribution in [2.75, 3.05) is 19.8 Å². The third kappa shape index (κ3) is 2.87. The molecule has 2 N–H and O–H groups in total. The Bertz CT molecular complexity index is 420. The van der Waals surface area contributed by atoms with Crippen LogP contribution in [0.5, 0.6) is 0 Å². The van der Waals surface area contributed by atoms with Gasteiger partial charge in [0.25, 0.3) is 0 Å². The van der Waals surface area contributed by atoms with Crippen LogP contribution in [0.2, 0.25) is 0 Å². The third-order valence-electron chi connectivity index (χ3n) is 5.96. The minimum atomic E-state index is -0.431. The average molecular weight is 308 g/mol. The van der Waals surface area contributed by atoms with Crippen molar-refractivity contribution in [3.05, 3.63) is 0 Å². The minimum Gasteiger partial charge on any atom is -0.381 e. The zero-order valence-corrected chi connectivity index (χ0v) is 13.4. The zero-order chi connectivity index (χ0) is 15.6. The summed E-state index contributed by atoms with van der Waals surface area (Å²) in [5, 5.41) is 0. The predicted molar refractivity (Wildman–Crippen MR) is 83.0 cm³/mol. The molecule has 1 atom stereocenters. The number of hydrogen-bond donors (Lipinski definition) is 1. The quantitative estimate of drug-likeness (QED) is 0.846. The summed E-state index contributed by atoms with van der Waals surface area (Å²) in [7, 11) is 0. The van der Waals surface area contributed by atoms with Gasteiger partial charge in [0, 0.05) is 31.1 Å².